The number of alkyl halides is 1. The molecule has 1 saturated carbocycles. The highest BCUT2D eigenvalue weighted by atomic mass is 35.5. The van der Waals surface area contributed by atoms with Gasteiger partial charge in [0.2, 0.25) is 0 Å². The van der Waals surface area contributed by atoms with E-state index in [4.69, 9.17) is 11.6 Å². The fourth-order valence-corrected chi connectivity index (χ4v) is 2.66. The van der Waals surface area contributed by atoms with E-state index in [1.807, 2.05) is 13.0 Å². The minimum atomic E-state index is -0.145. The minimum absolute atomic E-state index is 0.139. The normalized spacial score (nSPS) is 19.5. The molecule has 0 amide bonds. The summed E-state index contributed by atoms with van der Waals surface area (Å²) >= 11 is 6.09. The van der Waals surface area contributed by atoms with E-state index in [1.165, 1.54) is 24.5 Å². The third-order valence-corrected chi connectivity index (χ3v) is 4.38. The summed E-state index contributed by atoms with van der Waals surface area (Å²) in [7, 11) is 0. The van der Waals surface area contributed by atoms with Gasteiger partial charge in [0, 0.05) is 5.88 Å². The van der Waals surface area contributed by atoms with Crippen LogP contribution in [0.5, 0.6) is 0 Å². The number of halogens is 2. The molecule has 0 radical (unpaired) electrons. The van der Waals surface area contributed by atoms with Crippen molar-refractivity contribution in [3.05, 3.63) is 35.1 Å². The van der Waals surface area contributed by atoms with Crippen LogP contribution in [0.4, 0.5) is 4.39 Å². The van der Waals surface area contributed by atoms with Crippen molar-refractivity contribution in [2.45, 2.75) is 33.1 Å². The zero-order chi connectivity index (χ0) is 11.8. The van der Waals surface area contributed by atoms with E-state index >= 15 is 0 Å². The molecule has 1 aliphatic rings. The highest BCUT2D eigenvalue weighted by Crippen LogP contribution is 2.48. The molecular weight excluding hydrogens is 223 g/mol. The average Bonchev–Trinajstić information content (AvgIpc) is 3.07. The van der Waals surface area contributed by atoms with Gasteiger partial charge >= 0.3 is 0 Å². The first-order valence-electron chi connectivity index (χ1n) is 5.86. The Labute approximate surface area is 102 Å². The van der Waals surface area contributed by atoms with Gasteiger partial charge in [0.15, 0.2) is 0 Å². The second kappa shape index (κ2) is 4.37. The Morgan fingerprint density at radius 1 is 1.44 bits per heavy atom. The molecule has 0 aromatic heterocycles. The van der Waals surface area contributed by atoms with E-state index in [1.54, 1.807) is 6.07 Å². The smallest absolute Gasteiger partial charge is 0.123 e. The molecule has 0 heterocycles. The predicted octanol–water partition coefficient (Wildman–Crippen LogP) is 4.33. The van der Waals surface area contributed by atoms with Crippen LogP contribution < -0.4 is 0 Å². The Hall–Kier alpha value is -0.560. The summed E-state index contributed by atoms with van der Waals surface area (Å²) < 4.78 is 13.2. The van der Waals surface area contributed by atoms with Crippen LogP contribution in [0.15, 0.2) is 18.2 Å². The van der Waals surface area contributed by atoms with Gasteiger partial charge in [-0.1, -0.05) is 13.0 Å². The van der Waals surface area contributed by atoms with Crippen molar-refractivity contribution >= 4 is 11.6 Å². The van der Waals surface area contributed by atoms with Crippen molar-refractivity contribution in [1.29, 1.82) is 0 Å². The maximum Gasteiger partial charge on any atom is 0.123 e. The molecule has 0 saturated heterocycles. The molecule has 0 aliphatic heterocycles. The zero-order valence-electron chi connectivity index (χ0n) is 9.89. The van der Waals surface area contributed by atoms with Gasteiger partial charge < -0.3 is 0 Å². The first kappa shape index (κ1) is 11.9. The molecular formula is C14H18ClF. The van der Waals surface area contributed by atoms with Gasteiger partial charge in [0.05, 0.1) is 0 Å². The predicted molar refractivity (Wildman–Crippen MR) is 66.4 cm³/mol. The van der Waals surface area contributed by atoms with Crippen LogP contribution in [0.1, 0.15) is 30.9 Å². The van der Waals surface area contributed by atoms with E-state index in [9.17, 15) is 4.39 Å². The molecule has 1 atom stereocenters. The van der Waals surface area contributed by atoms with E-state index in [0.29, 0.717) is 5.88 Å². The minimum Gasteiger partial charge on any atom is -0.207 e. The topological polar surface area (TPSA) is 0 Å². The van der Waals surface area contributed by atoms with Crippen molar-refractivity contribution in [1.82, 2.24) is 0 Å². The van der Waals surface area contributed by atoms with E-state index < -0.39 is 0 Å². The second-order valence-electron chi connectivity index (χ2n) is 5.31. The van der Waals surface area contributed by atoms with Crippen molar-refractivity contribution in [3.8, 4) is 0 Å². The number of hydrogen-bond donors (Lipinski definition) is 0. The first-order chi connectivity index (χ1) is 7.55. The summed E-state index contributed by atoms with van der Waals surface area (Å²) in [4.78, 5) is 0. The fraction of sp³-hybridized carbons (Fsp3) is 0.571. The lowest BCUT2D eigenvalue weighted by atomic mass is 9.80. The van der Waals surface area contributed by atoms with Crippen LogP contribution in [0.2, 0.25) is 0 Å². The van der Waals surface area contributed by atoms with Gasteiger partial charge in [-0.15, -0.1) is 11.6 Å². The van der Waals surface area contributed by atoms with Gasteiger partial charge in [-0.3, -0.25) is 0 Å². The van der Waals surface area contributed by atoms with Crippen LogP contribution in [-0.2, 0) is 6.42 Å². The highest BCUT2D eigenvalue weighted by molar-refractivity contribution is 6.18. The van der Waals surface area contributed by atoms with E-state index in [2.05, 4.69) is 6.92 Å². The van der Waals surface area contributed by atoms with Crippen LogP contribution in [0, 0.1) is 24.1 Å². The third-order valence-electron chi connectivity index (χ3n) is 3.77. The van der Waals surface area contributed by atoms with Gasteiger partial charge in [0.25, 0.3) is 0 Å². The lowest BCUT2D eigenvalue weighted by Gasteiger charge is -2.28. The maximum absolute atomic E-state index is 13.2. The molecule has 2 rings (SSSR count). The Kier molecular flexibility index (Phi) is 3.25. The molecule has 0 N–H and O–H groups in total. The molecule has 2 heteroatoms. The first-order valence-corrected chi connectivity index (χ1v) is 6.39. The number of rotatable bonds is 4. The van der Waals surface area contributed by atoms with Crippen LogP contribution in [0.25, 0.3) is 0 Å². The molecule has 0 nitrogen and oxygen atoms in total. The summed E-state index contributed by atoms with van der Waals surface area (Å²) in [6.45, 7) is 4.26. The van der Waals surface area contributed by atoms with Crippen molar-refractivity contribution < 1.29 is 4.39 Å². The maximum atomic E-state index is 13.2. The molecule has 1 unspecified atom stereocenters. The Morgan fingerprint density at radius 2 is 2.12 bits per heavy atom. The molecule has 1 aromatic carbocycles. The zero-order valence-corrected chi connectivity index (χ0v) is 10.6. The number of benzene rings is 1. The van der Waals surface area contributed by atoms with Gasteiger partial charge in [-0.2, -0.15) is 0 Å². The fourth-order valence-electron chi connectivity index (χ4n) is 2.35. The molecule has 0 bridgehead atoms. The van der Waals surface area contributed by atoms with E-state index in [-0.39, 0.29) is 11.2 Å². The van der Waals surface area contributed by atoms with Crippen LogP contribution in [0.3, 0.4) is 0 Å². The molecule has 1 aromatic rings. The summed E-state index contributed by atoms with van der Waals surface area (Å²) in [5, 5.41) is 0. The monoisotopic (exact) mass is 240 g/mol. The summed E-state index contributed by atoms with van der Waals surface area (Å²) in [6.07, 6.45) is 3.44. The van der Waals surface area contributed by atoms with Crippen molar-refractivity contribution in [3.63, 3.8) is 0 Å². The Bertz CT molecular complexity index is 384. The quantitative estimate of drug-likeness (QED) is 0.687. The second-order valence-corrected chi connectivity index (χ2v) is 5.58. The number of hydrogen-bond acceptors (Lipinski definition) is 0. The molecule has 1 fully saturated rings. The summed E-state index contributed by atoms with van der Waals surface area (Å²) in [5.74, 6) is 1.24. The third kappa shape index (κ3) is 2.40. The van der Waals surface area contributed by atoms with Gasteiger partial charge in [-0.05, 0) is 60.8 Å². The summed E-state index contributed by atoms with van der Waals surface area (Å²) in [5.41, 5.74) is 2.41. The van der Waals surface area contributed by atoms with Gasteiger partial charge in [0.1, 0.15) is 5.82 Å². The standard InChI is InChI=1S/C14H18ClF/c1-10-3-6-13(16)7-11(10)8-14(2,9-15)12-4-5-12/h3,6-7,12H,4-5,8-9H2,1-2H3. The largest absolute Gasteiger partial charge is 0.207 e. The van der Waals surface area contributed by atoms with Gasteiger partial charge in [-0.25, -0.2) is 4.39 Å². The molecule has 88 valence electrons. The molecule has 16 heavy (non-hydrogen) atoms. The van der Waals surface area contributed by atoms with Crippen molar-refractivity contribution in [2.75, 3.05) is 5.88 Å². The molecule has 1 aliphatic carbocycles. The Balaban J connectivity index is 2.21. The lowest BCUT2D eigenvalue weighted by molar-refractivity contribution is 0.312. The summed E-state index contributed by atoms with van der Waals surface area (Å²) in [6, 6.07) is 5.03. The SMILES string of the molecule is Cc1ccc(F)cc1CC(C)(CCl)C1CC1. The van der Waals surface area contributed by atoms with Crippen LogP contribution >= 0.6 is 11.6 Å². The highest BCUT2D eigenvalue weighted by Gasteiger charge is 2.40. The number of aryl methyl sites for hydroxylation is 1. The van der Waals surface area contributed by atoms with Crippen molar-refractivity contribution in [2.24, 2.45) is 11.3 Å². The Morgan fingerprint density at radius 3 is 2.69 bits per heavy atom. The lowest BCUT2D eigenvalue weighted by Crippen LogP contribution is -2.24. The average molecular weight is 241 g/mol. The molecule has 0 spiro atoms. The van der Waals surface area contributed by atoms with E-state index in [0.717, 1.165) is 17.9 Å². The van der Waals surface area contributed by atoms with Crippen LogP contribution in [-0.4, -0.2) is 5.88 Å².